The van der Waals surface area contributed by atoms with Crippen LogP contribution < -0.4 is 4.74 Å². The third-order valence-corrected chi connectivity index (χ3v) is 6.28. The Morgan fingerprint density at radius 2 is 1.65 bits per heavy atom. The second kappa shape index (κ2) is 9.06. The SMILES string of the molecule is COc1ccc(/C(O)=C2/C(=O)C(=O)N(Cc3cc(C)ccc3C)C2c2ccc(O)cc2)c(C)c1. The number of likely N-dealkylation sites (tertiary alicyclic amines) is 1. The van der Waals surface area contributed by atoms with Gasteiger partial charge >= 0.3 is 0 Å². The van der Waals surface area contributed by atoms with Crippen LogP contribution in [0.1, 0.15) is 39.4 Å². The van der Waals surface area contributed by atoms with Gasteiger partial charge in [0.2, 0.25) is 0 Å². The van der Waals surface area contributed by atoms with Crippen LogP contribution in [-0.2, 0) is 16.1 Å². The van der Waals surface area contributed by atoms with Crippen molar-refractivity contribution in [1.82, 2.24) is 4.90 Å². The minimum atomic E-state index is -0.804. The number of ketones is 1. The molecule has 1 heterocycles. The van der Waals surface area contributed by atoms with Crippen LogP contribution in [0.3, 0.4) is 0 Å². The van der Waals surface area contributed by atoms with Crippen LogP contribution in [0.2, 0.25) is 0 Å². The first-order chi connectivity index (χ1) is 16.2. The Morgan fingerprint density at radius 1 is 0.941 bits per heavy atom. The number of nitrogens with zero attached hydrogens (tertiary/aromatic N) is 1. The number of aromatic hydroxyl groups is 1. The average molecular weight is 458 g/mol. The molecule has 1 aliphatic rings. The van der Waals surface area contributed by atoms with Crippen LogP contribution in [0.25, 0.3) is 5.76 Å². The van der Waals surface area contributed by atoms with Crippen molar-refractivity contribution in [2.45, 2.75) is 33.4 Å². The van der Waals surface area contributed by atoms with E-state index in [0.29, 0.717) is 22.4 Å². The number of amides is 1. The number of aryl methyl sites for hydroxylation is 3. The first kappa shape index (κ1) is 23.1. The predicted molar refractivity (Wildman–Crippen MR) is 130 cm³/mol. The maximum atomic E-state index is 13.3. The number of carbonyl (C=O) groups is 2. The molecule has 1 atom stereocenters. The fourth-order valence-corrected chi connectivity index (χ4v) is 4.37. The molecule has 1 amide bonds. The van der Waals surface area contributed by atoms with E-state index in [1.807, 2.05) is 32.0 Å². The maximum Gasteiger partial charge on any atom is 0.295 e. The molecule has 6 heteroatoms. The highest BCUT2D eigenvalue weighted by molar-refractivity contribution is 6.46. The lowest BCUT2D eigenvalue weighted by Gasteiger charge is -2.26. The van der Waals surface area contributed by atoms with Crippen molar-refractivity contribution in [1.29, 1.82) is 0 Å². The van der Waals surface area contributed by atoms with Crippen LogP contribution >= 0.6 is 0 Å². The monoisotopic (exact) mass is 457 g/mol. The molecular weight excluding hydrogens is 430 g/mol. The van der Waals surface area contributed by atoms with E-state index in [9.17, 15) is 19.8 Å². The van der Waals surface area contributed by atoms with E-state index in [1.54, 1.807) is 44.4 Å². The molecule has 1 aliphatic heterocycles. The van der Waals surface area contributed by atoms with Crippen molar-refractivity contribution in [3.8, 4) is 11.5 Å². The molecule has 3 aromatic carbocycles. The summed E-state index contributed by atoms with van der Waals surface area (Å²) in [5.74, 6) is -0.955. The quantitative estimate of drug-likeness (QED) is 0.322. The van der Waals surface area contributed by atoms with Crippen LogP contribution in [0.4, 0.5) is 0 Å². The fourth-order valence-electron chi connectivity index (χ4n) is 4.37. The highest BCUT2D eigenvalue weighted by Gasteiger charge is 2.46. The van der Waals surface area contributed by atoms with Gasteiger partial charge in [0.15, 0.2) is 0 Å². The Kier molecular flexibility index (Phi) is 6.16. The summed E-state index contributed by atoms with van der Waals surface area (Å²) in [4.78, 5) is 28.0. The Bertz CT molecular complexity index is 1310. The molecule has 4 rings (SSSR count). The molecule has 0 radical (unpaired) electrons. The molecule has 34 heavy (non-hydrogen) atoms. The van der Waals surface area contributed by atoms with Gasteiger partial charge in [0.05, 0.1) is 18.7 Å². The number of methoxy groups -OCH3 is 1. The number of ether oxygens (including phenoxy) is 1. The molecule has 6 nitrogen and oxygen atoms in total. The van der Waals surface area contributed by atoms with Gasteiger partial charge in [-0.3, -0.25) is 9.59 Å². The zero-order valence-corrected chi connectivity index (χ0v) is 19.6. The van der Waals surface area contributed by atoms with Gasteiger partial charge in [0, 0.05) is 12.1 Å². The fraction of sp³-hybridized carbons (Fsp3) is 0.214. The summed E-state index contributed by atoms with van der Waals surface area (Å²) >= 11 is 0. The van der Waals surface area contributed by atoms with E-state index in [4.69, 9.17) is 4.74 Å². The minimum Gasteiger partial charge on any atom is -0.508 e. The molecule has 0 spiro atoms. The van der Waals surface area contributed by atoms with Crippen molar-refractivity contribution >= 4 is 17.4 Å². The predicted octanol–water partition coefficient (Wildman–Crippen LogP) is 4.95. The van der Waals surface area contributed by atoms with Gasteiger partial charge in [0.1, 0.15) is 17.3 Å². The summed E-state index contributed by atoms with van der Waals surface area (Å²) in [5.41, 5.74) is 4.78. The van der Waals surface area contributed by atoms with E-state index < -0.39 is 17.7 Å². The summed E-state index contributed by atoms with van der Waals surface area (Å²) in [7, 11) is 1.55. The Labute approximate surface area is 198 Å². The summed E-state index contributed by atoms with van der Waals surface area (Å²) in [6.07, 6.45) is 0. The van der Waals surface area contributed by atoms with E-state index in [-0.39, 0.29) is 23.6 Å². The molecule has 1 fully saturated rings. The highest BCUT2D eigenvalue weighted by atomic mass is 16.5. The third-order valence-electron chi connectivity index (χ3n) is 6.28. The van der Waals surface area contributed by atoms with Crippen molar-refractivity contribution < 1.29 is 24.5 Å². The lowest BCUT2D eigenvalue weighted by Crippen LogP contribution is -2.29. The maximum absolute atomic E-state index is 13.3. The Morgan fingerprint density at radius 3 is 2.29 bits per heavy atom. The zero-order chi connectivity index (χ0) is 24.6. The molecule has 3 aromatic rings. The van der Waals surface area contributed by atoms with Crippen LogP contribution in [0.15, 0.2) is 66.2 Å². The van der Waals surface area contributed by atoms with Gasteiger partial charge in [-0.1, -0.05) is 35.9 Å². The number of carbonyl (C=O) groups excluding carboxylic acids is 2. The van der Waals surface area contributed by atoms with Crippen molar-refractivity contribution in [2.24, 2.45) is 0 Å². The number of aliphatic hydroxyl groups is 1. The molecule has 1 unspecified atom stereocenters. The average Bonchev–Trinajstić information content (AvgIpc) is 3.06. The number of phenols is 1. The van der Waals surface area contributed by atoms with E-state index >= 15 is 0 Å². The van der Waals surface area contributed by atoms with E-state index in [2.05, 4.69) is 0 Å². The van der Waals surface area contributed by atoms with Gasteiger partial charge < -0.3 is 19.8 Å². The summed E-state index contributed by atoms with van der Waals surface area (Å²) in [5, 5.41) is 21.1. The van der Waals surface area contributed by atoms with Gasteiger partial charge in [-0.05, 0) is 73.4 Å². The molecule has 174 valence electrons. The number of Topliss-reactive ketones (excluding diaryl/α,β-unsaturated/α-hetero) is 1. The van der Waals surface area contributed by atoms with Gasteiger partial charge in [-0.25, -0.2) is 0 Å². The van der Waals surface area contributed by atoms with Crippen molar-refractivity contribution in [3.63, 3.8) is 0 Å². The summed E-state index contributed by atoms with van der Waals surface area (Å²) in [6, 6.07) is 16.6. The lowest BCUT2D eigenvalue weighted by atomic mass is 9.93. The largest absolute Gasteiger partial charge is 0.508 e. The van der Waals surface area contributed by atoms with Gasteiger partial charge in [-0.15, -0.1) is 0 Å². The highest BCUT2D eigenvalue weighted by Crippen LogP contribution is 2.41. The topological polar surface area (TPSA) is 87.1 Å². The number of rotatable bonds is 5. The standard InChI is InChI=1S/C28H27NO5/c1-16-5-6-17(2)20(13-16)15-29-25(19-7-9-21(30)10-8-19)24(27(32)28(29)33)26(31)23-12-11-22(34-4)14-18(23)3/h5-14,25,30-31H,15H2,1-4H3/b26-24-. The molecule has 0 saturated carbocycles. The number of hydrogen-bond donors (Lipinski definition) is 2. The minimum absolute atomic E-state index is 0.0225. The first-order valence-electron chi connectivity index (χ1n) is 11.0. The Balaban J connectivity index is 1.89. The Hall–Kier alpha value is -4.06. The number of aliphatic hydroxyl groups excluding tert-OH is 1. The van der Waals surface area contributed by atoms with E-state index in [0.717, 1.165) is 16.7 Å². The second-order valence-corrected chi connectivity index (χ2v) is 8.63. The lowest BCUT2D eigenvalue weighted by molar-refractivity contribution is -0.140. The summed E-state index contributed by atoms with van der Waals surface area (Å²) in [6.45, 7) is 5.95. The number of hydrogen-bond acceptors (Lipinski definition) is 5. The van der Waals surface area contributed by atoms with Crippen LogP contribution in [0, 0.1) is 20.8 Å². The molecule has 0 bridgehead atoms. The van der Waals surface area contributed by atoms with Crippen LogP contribution in [-0.4, -0.2) is 33.9 Å². The van der Waals surface area contributed by atoms with E-state index in [1.165, 1.54) is 17.0 Å². The molecular formula is C28H27NO5. The molecule has 0 aromatic heterocycles. The van der Waals surface area contributed by atoms with Gasteiger partial charge in [0.25, 0.3) is 11.7 Å². The zero-order valence-electron chi connectivity index (χ0n) is 19.6. The third kappa shape index (κ3) is 4.15. The number of phenolic OH excluding ortho intramolecular Hbond substituents is 1. The van der Waals surface area contributed by atoms with Crippen molar-refractivity contribution in [2.75, 3.05) is 7.11 Å². The van der Waals surface area contributed by atoms with Crippen LogP contribution in [0.5, 0.6) is 11.5 Å². The van der Waals surface area contributed by atoms with Gasteiger partial charge in [-0.2, -0.15) is 0 Å². The first-order valence-corrected chi connectivity index (χ1v) is 11.0. The smallest absolute Gasteiger partial charge is 0.295 e. The normalized spacial score (nSPS) is 17.3. The molecule has 1 saturated heterocycles. The van der Waals surface area contributed by atoms with Crippen molar-refractivity contribution in [3.05, 3.63) is 99.6 Å². The number of benzene rings is 3. The molecule has 0 aliphatic carbocycles. The summed E-state index contributed by atoms with van der Waals surface area (Å²) < 4.78 is 5.25. The second-order valence-electron chi connectivity index (χ2n) is 8.63. The molecule has 2 N–H and O–H groups in total.